The summed E-state index contributed by atoms with van der Waals surface area (Å²) in [4.78, 5) is 16.6. The second-order valence-electron chi connectivity index (χ2n) is 7.33. The molecule has 1 aromatic heterocycles. The van der Waals surface area contributed by atoms with Gasteiger partial charge in [-0.3, -0.25) is 4.79 Å². The summed E-state index contributed by atoms with van der Waals surface area (Å²) in [5.74, 6) is 0.507. The maximum absolute atomic E-state index is 13.2. The zero-order valence-corrected chi connectivity index (χ0v) is 16.5. The molecule has 0 fully saturated rings. The lowest BCUT2D eigenvalue weighted by Crippen LogP contribution is -2.04. The van der Waals surface area contributed by atoms with Gasteiger partial charge in [-0.15, -0.1) is 0 Å². The highest BCUT2D eigenvalue weighted by Crippen LogP contribution is 2.34. The van der Waals surface area contributed by atoms with Gasteiger partial charge < -0.3 is 9.72 Å². The zero-order valence-electron chi connectivity index (χ0n) is 16.5. The average Bonchev–Trinajstić information content (AvgIpc) is 3.03. The highest BCUT2D eigenvalue weighted by Gasteiger charge is 2.21. The lowest BCUT2D eigenvalue weighted by molar-refractivity contribution is 0.103. The molecule has 0 bridgehead atoms. The van der Waals surface area contributed by atoms with E-state index in [1.165, 1.54) is 18.4 Å². The van der Waals surface area contributed by atoms with Crippen LogP contribution in [0.1, 0.15) is 65.7 Å². The monoisotopic (exact) mass is 363 g/mol. The fourth-order valence-electron chi connectivity index (χ4n) is 3.86. The van der Waals surface area contributed by atoms with E-state index in [9.17, 15) is 4.79 Å². The quantitative estimate of drug-likeness (QED) is 0.373. The molecular formula is C24H29NO2. The summed E-state index contributed by atoms with van der Waals surface area (Å²) in [5, 5.41) is 1.09. The van der Waals surface area contributed by atoms with E-state index < -0.39 is 0 Å². The molecule has 0 spiro atoms. The van der Waals surface area contributed by atoms with Crippen molar-refractivity contribution in [1.82, 2.24) is 4.98 Å². The van der Waals surface area contributed by atoms with Gasteiger partial charge in [0.15, 0.2) is 5.78 Å². The number of carbonyl (C=O) groups excluding carboxylic acids is 1. The zero-order chi connectivity index (χ0) is 19.2. The third-order valence-corrected chi connectivity index (χ3v) is 5.32. The van der Waals surface area contributed by atoms with E-state index in [0.29, 0.717) is 5.92 Å². The third-order valence-electron chi connectivity index (χ3n) is 5.32. The van der Waals surface area contributed by atoms with Crippen molar-refractivity contribution in [3.05, 3.63) is 70.9 Å². The largest absolute Gasteiger partial charge is 0.385 e. The van der Waals surface area contributed by atoms with E-state index >= 15 is 0 Å². The van der Waals surface area contributed by atoms with Crippen LogP contribution in [0.2, 0.25) is 0 Å². The maximum Gasteiger partial charge on any atom is 0.195 e. The van der Waals surface area contributed by atoms with Crippen LogP contribution in [0, 0.1) is 6.92 Å². The lowest BCUT2D eigenvalue weighted by atomic mass is 9.89. The summed E-state index contributed by atoms with van der Waals surface area (Å²) in [6, 6.07) is 15.9. The van der Waals surface area contributed by atoms with Crippen molar-refractivity contribution in [2.45, 2.75) is 45.4 Å². The molecule has 0 saturated carbocycles. The van der Waals surface area contributed by atoms with Crippen LogP contribution in [-0.4, -0.2) is 24.5 Å². The Kier molecular flexibility index (Phi) is 6.46. The number of carbonyl (C=O) groups is 1. The second kappa shape index (κ2) is 9.01. The number of hydrogen-bond donors (Lipinski definition) is 1. The first kappa shape index (κ1) is 19.4. The number of methoxy groups -OCH3 is 1. The fraction of sp³-hybridized carbons (Fsp3) is 0.375. The molecule has 0 amide bonds. The Labute approximate surface area is 161 Å². The number of nitrogens with one attached hydrogen (secondary N) is 1. The minimum Gasteiger partial charge on any atom is -0.385 e. The summed E-state index contributed by atoms with van der Waals surface area (Å²) >= 11 is 0. The van der Waals surface area contributed by atoms with Crippen molar-refractivity contribution in [2.24, 2.45) is 0 Å². The molecular weight excluding hydrogens is 334 g/mol. The van der Waals surface area contributed by atoms with Crippen molar-refractivity contribution in [1.29, 1.82) is 0 Å². The van der Waals surface area contributed by atoms with E-state index in [4.69, 9.17) is 4.74 Å². The maximum atomic E-state index is 13.2. The summed E-state index contributed by atoms with van der Waals surface area (Å²) < 4.78 is 5.14. The molecule has 0 aliphatic heterocycles. The standard InChI is InChI=1S/C24H29NO2/c1-17(11-6-5-9-16-27-3)20-14-10-15-21-23(20)22(18(2)25-21)24(26)19-12-7-4-8-13-19/h4,7-8,10,12-15,17,25H,5-6,9,11,16H2,1-3H3. The van der Waals surface area contributed by atoms with Gasteiger partial charge in [0.25, 0.3) is 0 Å². The number of aromatic nitrogens is 1. The molecule has 0 saturated heterocycles. The first-order valence-corrected chi connectivity index (χ1v) is 9.83. The highest BCUT2D eigenvalue weighted by atomic mass is 16.5. The predicted octanol–water partition coefficient (Wildman–Crippen LogP) is 6.02. The van der Waals surface area contributed by atoms with Gasteiger partial charge in [0, 0.05) is 35.9 Å². The number of rotatable bonds is 9. The first-order valence-electron chi connectivity index (χ1n) is 9.83. The lowest BCUT2D eigenvalue weighted by Gasteiger charge is -2.14. The van der Waals surface area contributed by atoms with Crippen LogP contribution >= 0.6 is 0 Å². The summed E-state index contributed by atoms with van der Waals surface area (Å²) in [6.07, 6.45) is 4.57. The molecule has 0 aliphatic rings. The van der Waals surface area contributed by atoms with Gasteiger partial charge in [0.2, 0.25) is 0 Å². The van der Waals surface area contributed by atoms with E-state index in [-0.39, 0.29) is 5.78 Å². The Morgan fingerprint density at radius 2 is 1.81 bits per heavy atom. The Morgan fingerprint density at radius 3 is 2.56 bits per heavy atom. The van der Waals surface area contributed by atoms with Crippen molar-refractivity contribution < 1.29 is 9.53 Å². The van der Waals surface area contributed by atoms with Gasteiger partial charge in [0.05, 0.1) is 5.56 Å². The average molecular weight is 364 g/mol. The minimum absolute atomic E-state index is 0.0964. The van der Waals surface area contributed by atoms with E-state index in [1.54, 1.807) is 7.11 Å². The normalized spacial score (nSPS) is 12.4. The Bertz CT molecular complexity index is 895. The Balaban J connectivity index is 1.92. The molecule has 1 heterocycles. The Morgan fingerprint density at radius 1 is 1.04 bits per heavy atom. The number of unbranched alkanes of at least 4 members (excludes halogenated alkanes) is 2. The van der Waals surface area contributed by atoms with Crippen LogP contribution in [0.3, 0.4) is 0 Å². The number of hydrogen-bond acceptors (Lipinski definition) is 2. The highest BCUT2D eigenvalue weighted by molar-refractivity contribution is 6.18. The van der Waals surface area contributed by atoms with Crippen LogP contribution < -0.4 is 0 Å². The molecule has 0 aliphatic carbocycles. The van der Waals surface area contributed by atoms with Crippen LogP contribution in [0.4, 0.5) is 0 Å². The smallest absolute Gasteiger partial charge is 0.195 e. The van der Waals surface area contributed by atoms with Gasteiger partial charge in [-0.25, -0.2) is 0 Å². The number of fused-ring (bicyclic) bond motifs is 1. The van der Waals surface area contributed by atoms with Crippen molar-refractivity contribution in [3.63, 3.8) is 0 Å². The van der Waals surface area contributed by atoms with Crippen LogP contribution in [0.25, 0.3) is 10.9 Å². The molecule has 3 aromatic rings. The molecule has 1 atom stereocenters. The summed E-state index contributed by atoms with van der Waals surface area (Å²) in [6.45, 7) is 5.09. The number of ketones is 1. The van der Waals surface area contributed by atoms with E-state index in [1.807, 2.05) is 37.3 Å². The number of H-pyrrole nitrogens is 1. The number of ether oxygens (including phenoxy) is 1. The summed E-state index contributed by atoms with van der Waals surface area (Å²) in [5.41, 5.74) is 4.82. The van der Waals surface area contributed by atoms with E-state index in [2.05, 4.69) is 30.1 Å². The topological polar surface area (TPSA) is 42.1 Å². The molecule has 27 heavy (non-hydrogen) atoms. The second-order valence-corrected chi connectivity index (χ2v) is 7.33. The Hall–Kier alpha value is -2.39. The van der Waals surface area contributed by atoms with Gasteiger partial charge in [0.1, 0.15) is 0 Å². The third kappa shape index (κ3) is 4.30. The molecule has 1 unspecified atom stereocenters. The molecule has 3 nitrogen and oxygen atoms in total. The van der Waals surface area contributed by atoms with Crippen molar-refractivity contribution >= 4 is 16.7 Å². The number of aromatic amines is 1. The summed E-state index contributed by atoms with van der Waals surface area (Å²) in [7, 11) is 1.75. The fourth-order valence-corrected chi connectivity index (χ4v) is 3.86. The molecule has 3 rings (SSSR count). The van der Waals surface area contributed by atoms with E-state index in [0.717, 1.165) is 47.2 Å². The van der Waals surface area contributed by atoms with Crippen LogP contribution in [-0.2, 0) is 4.74 Å². The molecule has 0 radical (unpaired) electrons. The molecule has 2 aromatic carbocycles. The first-order chi connectivity index (χ1) is 13.1. The van der Waals surface area contributed by atoms with Gasteiger partial charge in [-0.05, 0) is 37.3 Å². The molecule has 3 heteroatoms. The number of aryl methyl sites for hydroxylation is 1. The van der Waals surface area contributed by atoms with Gasteiger partial charge >= 0.3 is 0 Å². The van der Waals surface area contributed by atoms with Crippen molar-refractivity contribution in [3.8, 4) is 0 Å². The van der Waals surface area contributed by atoms with Gasteiger partial charge in [-0.1, -0.05) is 62.2 Å². The minimum atomic E-state index is 0.0964. The van der Waals surface area contributed by atoms with Gasteiger partial charge in [-0.2, -0.15) is 0 Å². The predicted molar refractivity (Wildman–Crippen MR) is 112 cm³/mol. The number of benzene rings is 2. The van der Waals surface area contributed by atoms with Crippen LogP contribution in [0.5, 0.6) is 0 Å². The molecule has 1 N–H and O–H groups in total. The molecule has 142 valence electrons. The SMILES string of the molecule is COCCCCCC(C)c1cccc2[nH]c(C)c(C(=O)c3ccccc3)c12. The van der Waals surface area contributed by atoms with Crippen LogP contribution in [0.15, 0.2) is 48.5 Å². The van der Waals surface area contributed by atoms with Crippen molar-refractivity contribution in [2.75, 3.05) is 13.7 Å².